The van der Waals surface area contributed by atoms with Gasteiger partial charge in [-0.2, -0.15) is 0 Å². The van der Waals surface area contributed by atoms with Gasteiger partial charge in [0.05, 0.1) is 5.69 Å². The summed E-state index contributed by atoms with van der Waals surface area (Å²) in [4.78, 5) is 22.8. The number of hydrogen-bond donors (Lipinski definition) is 0. The van der Waals surface area contributed by atoms with E-state index in [1.165, 1.54) is 0 Å². The zero-order valence-electron chi connectivity index (χ0n) is 22.9. The van der Waals surface area contributed by atoms with E-state index < -0.39 is 0 Å². The highest BCUT2D eigenvalue weighted by Gasteiger charge is 2.34. The number of aryl methyl sites for hydroxylation is 1. The molecule has 0 saturated heterocycles. The fourth-order valence-corrected chi connectivity index (χ4v) is 5.16. The Hall–Kier alpha value is -3.95. The van der Waals surface area contributed by atoms with Crippen LogP contribution in [0.3, 0.4) is 0 Å². The number of carbonyl (C=O) groups is 1. The average molecular weight is 516 g/mol. The quantitative estimate of drug-likeness (QED) is 0.0694. The minimum Gasteiger partial charge on any atom is -0.480 e. The lowest BCUT2D eigenvalue weighted by molar-refractivity contribution is -0.154. The number of nitrogens with zero attached hydrogens (tertiary/aromatic N) is 5. The number of terminal acetylenes is 1. The van der Waals surface area contributed by atoms with Gasteiger partial charge in [0, 0.05) is 23.2 Å². The third kappa shape index (κ3) is 7.08. The van der Waals surface area contributed by atoms with Gasteiger partial charge in [-0.15, -0.1) is 6.42 Å². The van der Waals surface area contributed by atoms with Crippen molar-refractivity contribution >= 4 is 23.2 Å². The summed E-state index contributed by atoms with van der Waals surface area (Å²) in [6.45, 7) is 8.63. The SMILES string of the molecule is C#CCOc1ccc(C(=NC)N(CC(=O)O[C@@H]2C[C@H](C)CC[C@H]2C(C)C)c2ccccc2C)cc1N=[N+]=[N-]. The fraction of sp³-hybridized carbons (Fsp3) is 0.467. The summed E-state index contributed by atoms with van der Waals surface area (Å²) in [5.74, 6) is 4.32. The number of para-hydroxylation sites is 1. The first-order chi connectivity index (χ1) is 18.3. The van der Waals surface area contributed by atoms with Crippen molar-refractivity contribution in [2.45, 2.75) is 53.1 Å². The van der Waals surface area contributed by atoms with Gasteiger partial charge in [0.15, 0.2) is 0 Å². The van der Waals surface area contributed by atoms with E-state index in [9.17, 15) is 4.79 Å². The first-order valence-corrected chi connectivity index (χ1v) is 13.0. The Balaban J connectivity index is 1.96. The number of hydrogen-bond acceptors (Lipinski definition) is 5. The molecule has 2 aromatic carbocycles. The molecule has 0 amide bonds. The zero-order valence-corrected chi connectivity index (χ0v) is 22.9. The molecule has 0 bridgehead atoms. The van der Waals surface area contributed by atoms with Crippen LogP contribution in [0.25, 0.3) is 10.4 Å². The summed E-state index contributed by atoms with van der Waals surface area (Å²) < 4.78 is 11.7. The number of rotatable bonds is 9. The molecule has 0 spiro atoms. The molecule has 8 heteroatoms. The number of azide groups is 1. The Morgan fingerprint density at radius 3 is 2.68 bits per heavy atom. The molecule has 1 fully saturated rings. The Labute approximate surface area is 225 Å². The van der Waals surface area contributed by atoms with E-state index in [-0.39, 0.29) is 30.9 Å². The molecule has 2 aromatic rings. The van der Waals surface area contributed by atoms with E-state index in [1.54, 1.807) is 25.2 Å². The predicted octanol–water partition coefficient (Wildman–Crippen LogP) is 6.84. The van der Waals surface area contributed by atoms with Crippen LogP contribution in [0.4, 0.5) is 11.4 Å². The minimum absolute atomic E-state index is 0.0145. The van der Waals surface area contributed by atoms with Crippen molar-refractivity contribution in [3.8, 4) is 18.1 Å². The maximum atomic E-state index is 13.5. The highest BCUT2D eigenvalue weighted by Crippen LogP contribution is 2.36. The molecule has 0 N–H and O–H groups in total. The summed E-state index contributed by atoms with van der Waals surface area (Å²) in [6.07, 6.45) is 8.32. The second kappa shape index (κ2) is 13.6. The average Bonchev–Trinajstić information content (AvgIpc) is 2.88. The van der Waals surface area contributed by atoms with Crippen LogP contribution in [0.2, 0.25) is 0 Å². The number of amidine groups is 1. The normalized spacial score (nSPS) is 19.3. The summed E-state index contributed by atoms with van der Waals surface area (Å²) in [5.41, 5.74) is 11.9. The molecule has 0 aliphatic heterocycles. The molecule has 1 aliphatic rings. The molecule has 0 heterocycles. The summed E-state index contributed by atoms with van der Waals surface area (Å²) in [6, 6.07) is 13.0. The van der Waals surface area contributed by atoms with Gasteiger partial charge in [-0.05, 0) is 72.9 Å². The molecule has 0 aromatic heterocycles. The van der Waals surface area contributed by atoms with Crippen molar-refractivity contribution in [2.24, 2.45) is 27.9 Å². The lowest BCUT2D eigenvalue weighted by Gasteiger charge is -2.37. The smallest absolute Gasteiger partial charge is 0.326 e. The van der Waals surface area contributed by atoms with Gasteiger partial charge in [0.25, 0.3) is 0 Å². The number of anilines is 1. The van der Waals surface area contributed by atoms with Gasteiger partial charge < -0.3 is 14.4 Å². The molecule has 1 aliphatic carbocycles. The molecule has 1 saturated carbocycles. The van der Waals surface area contributed by atoms with Crippen LogP contribution in [0.1, 0.15) is 51.2 Å². The van der Waals surface area contributed by atoms with Crippen LogP contribution in [-0.2, 0) is 9.53 Å². The zero-order chi connectivity index (χ0) is 27.7. The predicted molar refractivity (Wildman–Crippen MR) is 152 cm³/mol. The van der Waals surface area contributed by atoms with Crippen molar-refractivity contribution in [2.75, 3.05) is 25.1 Å². The van der Waals surface area contributed by atoms with Gasteiger partial charge in [-0.1, -0.05) is 56.4 Å². The Kier molecular flexibility index (Phi) is 10.2. The number of esters is 1. The number of carbonyl (C=O) groups excluding carboxylic acids is 1. The van der Waals surface area contributed by atoms with Crippen molar-refractivity contribution in [1.29, 1.82) is 0 Å². The van der Waals surface area contributed by atoms with Crippen LogP contribution >= 0.6 is 0 Å². The molecule has 0 radical (unpaired) electrons. The van der Waals surface area contributed by atoms with Crippen molar-refractivity contribution in [1.82, 2.24) is 0 Å². The van der Waals surface area contributed by atoms with Crippen LogP contribution in [0.15, 0.2) is 52.6 Å². The van der Waals surface area contributed by atoms with Gasteiger partial charge in [-0.25, -0.2) is 0 Å². The van der Waals surface area contributed by atoms with E-state index >= 15 is 0 Å². The van der Waals surface area contributed by atoms with Crippen LogP contribution in [-0.4, -0.2) is 38.1 Å². The largest absolute Gasteiger partial charge is 0.480 e. The highest BCUT2D eigenvalue weighted by atomic mass is 16.5. The minimum atomic E-state index is -0.302. The molecule has 8 nitrogen and oxygen atoms in total. The number of ether oxygens (including phenoxy) is 2. The number of benzene rings is 2. The monoisotopic (exact) mass is 515 g/mol. The third-order valence-corrected chi connectivity index (χ3v) is 7.09. The van der Waals surface area contributed by atoms with Gasteiger partial charge in [0.1, 0.15) is 30.8 Å². The number of aliphatic imine (C=N–C) groups is 1. The standard InChI is InChI=1S/C30H37N5O3/c1-7-16-37-27-15-13-23(18-25(27)33-34-31)30(32-6)35(26-11-9-8-10-22(26)5)19-29(36)38-28-17-21(4)12-14-24(28)20(2)3/h1,8-11,13,15,18,20-21,24,28H,12,14,16-17,19H2,2-6H3/t21-,24+,28-/m1/s1. The second-order valence-electron chi connectivity index (χ2n) is 10.1. The molecule has 3 rings (SSSR count). The van der Waals surface area contributed by atoms with Gasteiger partial charge in [-0.3, -0.25) is 9.79 Å². The molecule has 38 heavy (non-hydrogen) atoms. The first kappa shape index (κ1) is 28.6. The Morgan fingerprint density at radius 2 is 2.03 bits per heavy atom. The van der Waals surface area contributed by atoms with E-state index in [1.807, 2.05) is 36.1 Å². The lowest BCUT2D eigenvalue weighted by atomic mass is 9.75. The lowest BCUT2D eigenvalue weighted by Crippen LogP contribution is -2.41. The van der Waals surface area contributed by atoms with Crippen LogP contribution in [0, 0.1) is 37.0 Å². The maximum absolute atomic E-state index is 13.5. The van der Waals surface area contributed by atoms with E-state index in [2.05, 4.69) is 41.7 Å². The fourth-order valence-electron chi connectivity index (χ4n) is 5.16. The maximum Gasteiger partial charge on any atom is 0.326 e. The van der Waals surface area contributed by atoms with Crippen LogP contribution < -0.4 is 9.64 Å². The summed E-state index contributed by atoms with van der Waals surface area (Å²) >= 11 is 0. The molecule has 200 valence electrons. The molecular weight excluding hydrogens is 478 g/mol. The van der Waals surface area contributed by atoms with E-state index in [0.717, 1.165) is 30.5 Å². The van der Waals surface area contributed by atoms with E-state index in [0.29, 0.717) is 34.9 Å². The molecule has 0 unspecified atom stereocenters. The molecule has 3 atom stereocenters. The van der Waals surface area contributed by atoms with Crippen molar-refractivity contribution < 1.29 is 14.3 Å². The third-order valence-electron chi connectivity index (χ3n) is 7.09. The van der Waals surface area contributed by atoms with Gasteiger partial charge in [0.2, 0.25) is 0 Å². The second-order valence-corrected chi connectivity index (χ2v) is 10.1. The van der Waals surface area contributed by atoms with Crippen molar-refractivity contribution in [3.63, 3.8) is 0 Å². The summed E-state index contributed by atoms with van der Waals surface area (Å²) in [5, 5.41) is 3.78. The van der Waals surface area contributed by atoms with E-state index in [4.69, 9.17) is 21.4 Å². The highest BCUT2D eigenvalue weighted by molar-refractivity contribution is 6.12. The summed E-state index contributed by atoms with van der Waals surface area (Å²) in [7, 11) is 1.67. The topological polar surface area (TPSA) is 99.9 Å². The molecular formula is C30H37N5O3. The Bertz CT molecular complexity index is 1240. The Morgan fingerprint density at radius 1 is 1.26 bits per heavy atom. The van der Waals surface area contributed by atoms with Crippen molar-refractivity contribution in [3.05, 3.63) is 64.0 Å². The van der Waals surface area contributed by atoms with Gasteiger partial charge >= 0.3 is 5.97 Å². The van der Waals surface area contributed by atoms with Crippen LogP contribution in [0.5, 0.6) is 5.75 Å². The first-order valence-electron chi connectivity index (χ1n) is 13.0.